The molecule has 36 heavy (non-hydrogen) atoms. The molecule has 1 unspecified atom stereocenters. The number of hydrogen-bond acceptors (Lipinski definition) is 7. The van der Waals surface area contributed by atoms with E-state index in [1.165, 1.54) is 5.56 Å². The van der Waals surface area contributed by atoms with Crippen LogP contribution in [0.5, 0.6) is 0 Å². The number of aryl methyl sites for hydroxylation is 1. The third kappa shape index (κ3) is 4.42. The highest BCUT2D eigenvalue weighted by atomic mass is 16.5. The molecule has 0 amide bonds. The largest absolute Gasteiger partial charge is 0.378 e. The molecule has 2 saturated heterocycles. The van der Waals surface area contributed by atoms with Crippen LogP contribution in [0.1, 0.15) is 24.1 Å². The Labute approximate surface area is 212 Å². The number of ether oxygens (including phenoxy) is 1. The molecule has 0 N–H and O–H groups in total. The van der Waals surface area contributed by atoms with Crippen molar-refractivity contribution in [2.75, 3.05) is 62.3 Å². The fourth-order valence-electron chi connectivity index (χ4n) is 5.30. The van der Waals surface area contributed by atoms with Crippen LogP contribution in [0, 0.1) is 6.92 Å². The van der Waals surface area contributed by atoms with Gasteiger partial charge in [-0.2, -0.15) is 0 Å². The van der Waals surface area contributed by atoms with E-state index in [-0.39, 0.29) is 0 Å². The van der Waals surface area contributed by atoms with Gasteiger partial charge in [0, 0.05) is 69.5 Å². The highest BCUT2D eigenvalue weighted by Crippen LogP contribution is 2.32. The fourth-order valence-corrected chi connectivity index (χ4v) is 5.30. The van der Waals surface area contributed by atoms with Gasteiger partial charge >= 0.3 is 0 Å². The number of benzene rings is 1. The number of hydrogen-bond donors (Lipinski definition) is 0. The summed E-state index contributed by atoms with van der Waals surface area (Å²) in [7, 11) is 0. The average molecular weight is 484 g/mol. The SMILES string of the molecule is Cc1cc2nccn2cc1-c1cnc(N2CCOCC2)c(N2CCN(C(C)c3ccccc3)CC2)n1. The van der Waals surface area contributed by atoms with Gasteiger partial charge in [0.2, 0.25) is 0 Å². The van der Waals surface area contributed by atoms with Crippen LogP contribution in [-0.4, -0.2) is 76.7 Å². The van der Waals surface area contributed by atoms with Crippen LogP contribution in [0.2, 0.25) is 0 Å². The van der Waals surface area contributed by atoms with Crippen LogP contribution >= 0.6 is 0 Å². The second-order valence-electron chi connectivity index (χ2n) is 9.67. The number of fused-ring (bicyclic) bond motifs is 1. The highest BCUT2D eigenvalue weighted by molar-refractivity contribution is 5.71. The molecule has 186 valence electrons. The molecular formula is C28H33N7O. The molecule has 5 heterocycles. The van der Waals surface area contributed by atoms with Crippen molar-refractivity contribution in [2.45, 2.75) is 19.9 Å². The van der Waals surface area contributed by atoms with Gasteiger partial charge in [-0.15, -0.1) is 0 Å². The summed E-state index contributed by atoms with van der Waals surface area (Å²) in [4.78, 5) is 22.0. The standard InChI is InChI=1S/C28H33N7O/c1-21-18-26-29-8-9-35(26)20-24(21)25-19-30-27(34-14-16-36-17-15-34)28(31-25)33-12-10-32(11-13-33)22(2)23-6-4-3-5-7-23/h3-9,18-20,22H,10-17H2,1-2H3. The molecule has 3 aromatic heterocycles. The second kappa shape index (κ2) is 9.87. The highest BCUT2D eigenvalue weighted by Gasteiger charge is 2.27. The first-order valence-electron chi connectivity index (χ1n) is 12.8. The van der Waals surface area contributed by atoms with Crippen molar-refractivity contribution in [1.82, 2.24) is 24.3 Å². The fraction of sp³-hybridized carbons (Fsp3) is 0.393. The number of morpholine rings is 1. The van der Waals surface area contributed by atoms with E-state index < -0.39 is 0 Å². The Balaban J connectivity index is 1.30. The maximum absolute atomic E-state index is 5.61. The molecule has 8 heteroatoms. The summed E-state index contributed by atoms with van der Waals surface area (Å²) >= 11 is 0. The Bertz CT molecular complexity index is 1320. The van der Waals surface area contributed by atoms with Crippen molar-refractivity contribution >= 4 is 17.3 Å². The van der Waals surface area contributed by atoms with Gasteiger partial charge in [-0.3, -0.25) is 4.90 Å². The first kappa shape index (κ1) is 22.9. The van der Waals surface area contributed by atoms with E-state index in [1.807, 2.05) is 23.0 Å². The third-order valence-corrected chi connectivity index (χ3v) is 7.50. The van der Waals surface area contributed by atoms with E-state index in [0.717, 1.165) is 86.6 Å². The smallest absolute Gasteiger partial charge is 0.172 e. The van der Waals surface area contributed by atoms with Gasteiger partial charge in [0.15, 0.2) is 11.6 Å². The number of piperazine rings is 1. The molecule has 0 aliphatic carbocycles. The average Bonchev–Trinajstić information content (AvgIpc) is 3.40. The summed E-state index contributed by atoms with van der Waals surface area (Å²) in [6.45, 7) is 11.4. The summed E-state index contributed by atoms with van der Waals surface area (Å²) in [5, 5.41) is 0. The normalized spacial score (nSPS) is 18.1. The molecule has 1 aromatic carbocycles. The Hall–Kier alpha value is -3.49. The minimum absolute atomic E-state index is 0.397. The van der Waals surface area contributed by atoms with Crippen molar-refractivity contribution in [3.8, 4) is 11.3 Å². The topological polar surface area (TPSA) is 62.0 Å². The predicted molar refractivity (Wildman–Crippen MR) is 143 cm³/mol. The van der Waals surface area contributed by atoms with Crippen LogP contribution in [0.3, 0.4) is 0 Å². The van der Waals surface area contributed by atoms with E-state index in [9.17, 15) is 0 Å². The second-order valence-corrected chi connectivity index (χ2v) is 9.67. The lowest BCUT2D eigenvalue weighted by atomic mass is 10.1. The zero-order valence-corrected chi connectivity index (χ0v) is 21.0. The molecule has 2 fully saturated rings. The van der Waals surface area contributed by atoms with Crippen molar-refractivity contribution < 1.29 is 4.74 Å². The summed E-state index contributed by atoms with van der Waals surface area (Å²) in [5.41, 5.74) is 5.44. The summed E-state index contributed by atoms with van der Waals surface area (Å²) in [6, 6.07) is 13.3. The van der Waals surface area contributed by atoms with Gasteiger partial charge in [0.25, 0.3) is 0 Å². The van der Waals surface area contributed by atoms with Crippen molar-refractivity contribution in [3.63, 3.8) is 0 Å². The number of nitrogens with zero attached hydrogens (tertiary/aromatic N) is 7. The summed E-state index contributed by atoms with van der Waals surface area (Å²) < 4.78 is 7.66. The van der Waals surface area contributed by atoms with E-state index in [0.29, 0.717) is 6.04 Å². The van der Waals surface area contributed by atoms with Gasteiger partial charge in [-0.05, 0) is 31.0 Å². The van der Waals surface area contributed by atoms with Gasteiger partial charge in [0.1, 0.15) is 5.65 Å². The number of aromatic nitrogens is 4. The third-order valence-electron chi connectivity index (χ3n) is 7.50. The number of rotatable bonds is 5. The molecular weight excluding hydrogens is 450 g/mol. The number of anilines is 2. The van der Waals surface area contributed by atoms with Gasteiger partial charge < -0.3 is 18.9 Å². The van der Waals surface area contributed by atoms with Crippen LogP contribution in [0.25, 0.3) is 16.9 Å². The monoisotopic (exact) mass is 483 g/mol. The Morgan fingerprint density at radius 2 is 1.64 bits per heavy atom. The number of pyridine rings is 1. The van der Waals surface area contributed by atoms with Gasteiger partial charge in [0.05, 0.1) is 25.1 Å². The molecule has 0 bridgehead atoms. The predicted octanol–water partition coefficient (Wildman–Crippen LogP) is 3.82. The molecule has 8 nitrogen and oxygen atoms in total. The molecule has 0 saturated carbocycles. The van der Waals surface area contributed by atoms with Gasteiger partial charge in [-0.25, -0.2) is 15.0 Å². The van der Waals surface area contributed by atoms with E-state index in [1.54, 1.807) is 0 Å². The lowest BCUT2D eigenvalue weighted by Gasteiger charge is -2.40. The molecule has 1 atom stereocenters. The number of imidazole rings is 1. The van der Waals surface area contributed by atoms with E-state index in [4.69, 9.17) is 14.7 Å². The molecule has 0 spiro atoms. The first-order valence-corrected chi connectivity index (χ1v) is 12.8. The Morgan fingerprint density at radius 3 is 2.42 bits per heavy atom. The Kier molecular flexibility index (Phi) is 6.29. The van der Waals surface area contributed by atoms with Crippen LogP contribution in [0.4, 0.5) is 11.6 Å². The molecule has 2 aliphatic rings. The lowest BCUT2D eigenvalue weighted by molar-refractivity contribution is 0.122. The molecule has 6 rings (SSSR count). The van der Waals surface area contributed by atoms with Crippen molar-refractivity contribution in [1.29, 1.82) is 0 Å². The lowest BCUT2D eigenvalue weighted by Crippen LogP contribution is -2.48. The zero-order chi connectivity index (χ0) is 24.5. The summed E-state index contributed by atoms with van der Waals surface area (Å²) in [5.74, 6) is 1.94. The van der Waals surface area contributed by atoms with E-state index in [2.05, 4.69) is 76.1 Å². The molecule has 4 aromatic rings. The quantitative estimate of drug-likeness (QED) is 0.428. The van der Waals surface area contributed by atoms with Crippen LogP contribution in [0.15, 0.2) is 61.2 Å². The molecule has 0 radical (unpaired) electrons. The van der Waals surface area contributed by atoms with Crippen LogP contribution < -0.4 is 9.80 Å². The van der Waals surface area contributed by atoms with Crippen LogP contribution in [-0.2, 0) is 4.74 Å². The minimum atomic E-state index is 0.397. The van der Waals surface area contributed by atoms with Crippen molar-refractivity contribution in [2.24, 2.45) is 0 Å². The maximum Gasteiger partial charge on any atom is 0.172 e. The first-order chi connectivity index (χ1) is 17.7. The molecule has 2 aliphatic heterocycles. The maximum atomic E-state index is 5.61. The Morgan fingerprint density at radius 1 is 0.889 bits per heavy atom. The van der Waals surface area contributed by atoms with Gasteiger partial charge in [-0.1, -0.05) is 30.3 Å². The minimum Gasteiger partial charge on any atom is -0.378 e. The summed E-state index contributed by atoms with van der Waals surface area (Å²) in [6.07, 6.45) is 7.83. The zero-order valence-electron chi connectivity index (χ0n) is 21.0. The van der Waals surface area contributed by atoms with Crippen molar-refractivity contribution in [3.05, 3.63) is 72.3 Å². The van der Waals surface area contributed by atoms with E-state index >= 15 is 0 Å².